The second-order valence-corrected chi connectivity index (χ2v) is 8.61. The highest BCUT2D eigenvalue weighted by molar-refractivity contribution is 7.92. The second kappa shape index (κ2) is 10.7. The SMILES string of the molecule is COc1ccc(NS(=O)(=O)c2cccc(C(=O)OCC(=O)c3ccc(OC)c(OC)c3)c2)cc1. The van der Waals surface area contributed by atoms with Crippen molar-refractivity contribution in [1.29, 1.82) is 0 Å². The van der Waals surface area contributed by atoms with E-state index in [0.717, 1.165) is 0 Å². The van der Waals surface area contributed by atoms with Gasteiger partial charge in [-0.1, -0.05) is 6.07 Å². The Kier molecular flexibility index (Phi) is 7.75. The lowest BCUT2D eigenvalue weighted by molar-refractivity contribution is 0.0474. The molecule has 0 spiro atoms. The van der Waals surface area contributed by atoms with Crippen LogP contribution in [0.2, 0.25) is 0 Å². The molecule has 178 valence electrons. The second-order valence-electron chi connectivity index (χ2n) is 6.93. The van der Waals surface area contributed by atoms with Gasteiger partial charge in [0.2, 0.25) is 0 Å². The van der Waals surface area contributed by atoms with E-state index in [-0.39, 0.29) is 16.0 Å². The molecule has 0 unspecified atom stereocenters. The van der Waals surface area contributed by atoms with E-state index in [1.165, 1.54) is 57.7 Å². The number of methoxy groups -OCH3 is 3. The molecule has 0 saturated carbocycles. The van der Waals surface area contributed by atoms with Crippen LogP contribution in [0.4, 0.5) is 5.69 Å². The Balaban J connectivity index is 1.68. The third-order valence-corrected chi connectivity index (χ3v) is 6.14. The van der Waals surface area contributed by atoms with Crippen LogP contribution in [0.3, 0.4) is 0 Å². The van der Waals surface area contributed by atoms with Crippen molar-refractivity contribution in [3.8, 4) is 17.2 Å². The zero-order chi connectivity index (χ0) is 24.7. The molecule has 0 fully saturated rings. The lowest BCUT2D eigenvalue weighted by atomic mass is 10.1. The average Bonchev–Trinajstić information content (AvgIpc) is 2.86. The Morgan fingerprint density at radius 2 is 1.50 bits per heavy atom. The van der Waals surface area contributed by atoms with E-state index >= 15 is 0 Å². The van der Waals surface area contributed by atoms with E-state index in [4.69, 9.17) is 18.9 Å². The highest BCUT2D eigenvalue weighted by atomic mass is 32.2. The normalized spacial score (nSPS) is 10.8. The number of hydrogen-bond acceptors (Lipinski definition) is 8. The Labute approximate surface area is 197 Å². The predicted octanol–water partition coefficient (Wildman–Crippen LogP) is 3.55. The summed E-state index contributed by atoms with van der Waals surface area (Å²) >= 11 is 0. The third kappa shape index (κ3) is 5.84. The predicted molar refractivity (Wildman–Crippen MR) is 124 cm³/mol. The minimum atomic E-state index is -3.97. The maximum atomic E-state index is 12.7. The number of hydrogen-bond donors (Lipinski definition) is 1. The maximum absolute atomic E-state index is 12.7. The van der Waals surface area contributed by atoms with E-state index in [1.54, 1.807) is 30.3 Å². The summed E-state index contributed by atoms with van der Waals surface area (Å²) in [7, 11) is 0.452. The Bertz CT molecular complexity index is 1290. The average molecular weight is 486 g/mol. The quantitative estimate of drug-likeness (QED) is 0.342. The zero-order valence-electron chi connectivity index (χ0n) is 18.7. The molecule has 0 saturated heterocycles. The lowest BCUT2D eigenvalue weighted by Gasteiger charge is -2.11. The molecule has 9 nitrogen and oxygen atoms in total. The molecule has 10 heteroatoms. The molecular weight excluding hydrogens is 462 g/mol. The van der Waals surface area contributed by atoms with Crippen LogP contribution in [0.15, 0.2) is 71.6 Å². The molecule has 0 aliphatic heterocycles. The van der Waals surface area contributed by atoms with Gasteiger partial charge in [0.15, 0.2) is 23.9 Å². The molecule has 3 aromatic rings. The number of benzene rings is 3. The Morgan fingerprint density at radius 3 is 2.15 bits per heavy atom. The van der Waals surface area contributed by atoms with Crippen molar-refractivity contribution in [1.82, 2.24) is 0 Å². The molecule has 0 bridgehead atoms. The van der Waals surface area contributed by atoms with Crippen molar-refractivity contribution in [2.24, 2.45) is 0 Å². The van der Waals surface area contributed by atoms with E-state index in [1.807, 2.05) is 0 Å². The molecular formula is C24H23NO8S. The zero-order valence-corrected chi connectivity index (χ0v) is 19.5. The number of rotatable bonds is 10. The van der Waals surface area contributed by atoms with E-state index in [2.05, 4.69) is 4.72 Å². The molecule has 0 aromatic heterocycles. The van der Waals surface area contributed by atoms with Crippen molar-refractivity contribution < 1.29 is 37.0 Å². The number of Topliss-reactive ketones (excluding diaryl/α,β-unsaturated/α-hetero) is 1. The van der Waals surface area contributed by atoms with E-state index in [9.17, 15) is 18.0 Å². The molecule has 0 radical (unpaired) electrons. The molecule has 0 heterocycles. The summed E-state index contributed by atoms with van der Waals surface area (Å²) < 4.78 is 48.3. The summed E-state index contributed by atoms with van der Waals surface area (Å²) in [4.78, 5) is 24.8. The summed E-state index contributed by atoms with van der Waals surface area (Å²) in [6.07, 6.45) is 0. The van der Waals surface area contributed by atoms with Crippen molar-refractivity contribution >= 4 is 27.5 Å². The molecule has 1 N–H and O–H groups in total. The standard InChI is InChI=1S/C24H23NO8S/c1-30-19-10-8-18(9-11-19)25-34(28,29)20-6-4-5-17(13-20)24(27)33-15-21(26)16-7-12-22(31-2)23(14-16)32-3/h4-14,25H,15H2,1-3H3. The van der Waals surface area contributed by atoms with Crippen LogP contribution in [0.25, 0.3) is 0 Å². The monoisotopic (exact) mass is 485 g/mol. The summed E-state index contributed by atoms with van der Waals surface area (Å²) in [6, 6.07) is 16.2. The van der Waals surface area contributed by atoms with E-state index in [0.29, 0.717) is 22.9 Å². The first-order chi connectivity index (χ1) is 16.3. The summed E-state index contributed by atoms with van der Waals surface area (Å²) in [5.74, 6) is 0.101. The van der Waals surface area contributed by atoms with Gasteiger partial charge in [-0.3, -0.25) is 9.52 Å². The van der Waals surface area contributed by atoms with Crippen LogP contribution in [0.5, 0.6) is 17.2 Å². The summed E-state index contributed by atoms with van der Waals surface area (Å²) in [5.41, 5.74) is 0.581. The maximum Gasteiger partial charge on any atom is 0.338 e. The fraction of sp³-hybridized carbons (Fsp3) is 0.167. The number of sulfonamides is 1. The van der Waals surface area contributed by atoms with Gasteiger partial charge in [0.25, 0.3) is 10.0 Å². The topological polar surface area (TPSA) is 117 Å². The summed E-state index contributed by atoms with van der Waals surface area (Å²) in [6.45, 7) is -0.532. The van der Waals surface area contributed by atoms with Crippen molar-refractivity contribution in [3.05, 3.63) is 77.9 Å². The molecule has 3 aromatic carbocycles. The van der Waals surface area contributed by atoms with Gasteiger partial charge in [-0.2, -0.15) is 0 Å². The van der Waals surface area contributed by atoms with Crippen LogP contribution in [-0.2, 0) is 14.8 Å². The van der Waals surface area contributed by atoms with Crippen LogP contribution in [0, 0.1) is 0 Å². The number of esters is 1. The first kappa shape index (κ1) is 24.6. The molecule has 0 aliphatic rings. The van der Waals surface area contributed by atoms with Crippen LogP contribution >= 0.6 is 0 Å². The minimum absolute atomic E-state index is 0.0160. The smallest absolute Gasteiger partial charge is 0.338 e. The van der Waals surface area contributed by atoms with Crippen molar-refractivity contribution in [3.63, 3.8) is 0 Å². The molecule has 3 rings (SSSR count). The highest BCUT2D eigenvalue weighted by Gasteiger charge is 2.19. The minimum Gasteiger partial charge on any atom is -0.497 e. The number of anilines is 1. The van der Waals surface area contributed by atoms with Gasteiger partial charge in [0, 0.05) is 11.3 Å². The Hall–Kier alpha value is -4.05. The number of carbonyl (C=O) groups excluding carboxylic acids is 2. The van der Waals surface area contributed by atoms with Crippen LogP contribution in [0.1, 0.15) is 20.7 Å². The largest absolute Gasteiger partial charge is 0.497 e. The van der Waals surface area contributed by atoms with Gasteiger partial charge in [-0.15, -0.1) is 0 Å². The fourth-order valence-electron chi connectivity index (χ4n) is 2.97. The highest BCUT2D eigenvalue weighted by Crippen LogP contribution is 2.27. The van der Waals surface area contributed by atoms with Gasteiger partial charge in [0.05, 0.1) is 31.8 Å². The molecule has 0 atom stereocenters. The van der Waals surface area contributed by atoms with E-state index < -0.39 is 28.4 Å². The Morgan fingerprint density at radius 1 is 0.794 bits per heavy atom. The molecule has 34 heavy (non-hydrogen) atoms. The van der Waals surface area contributed by atoms with Crippen molar-refractivity contribution in [2.45, 2.75) is 4.90 Å². The van der Waals surface area contributed by atoms with Gasteiger partial charge in [-0.05, 0) is 60.7 Å². The number of carbonyl (C=O) groups is 2. The molecule has 0 amide bonds. The van der Waals surface area contributed by atoms with Crippen LogP contribution in [-0.4, -0.2) is 48.1 Å². The lowest BCUT2D eigenvalue weighted by Crippen LogP contribution is -2.16. The van der Waals surface area contributed by atoms with Crippen molar-refractivity contribution in [2.75, 3.05) is 32.7 Å². The summed E-state index contributed by atoms with van der Waals surface area (Å²) in [5, 5.41) is 0. The first-order valence-corrected chi connectivity index (χ1v) is 11.4. The number of ketones is 1. The number of nitrogens with one attached hydrogen (secondary N) is 1. The molecule has 0 aliphatic carbocycles. The fourth-order valence-corrected chi connectivity index (χ4v) is 4.07. The van der Waals surface area contributed by atoms with Gasteiger partial charge < -0.3 is 18.9 Å². The third-order valence-electron chi connectivity index (χ3n) is 4.76. The first-order valence-electron chi connectivity index (χ1n) is 9.96. The van der Waals surface area contributed by atoms with Gasteiger partial charge >= 0.3 is 5.97 Å². The van der Waals surface area contributed by atoms with Gasteiger partial charge in [-0.25, -0.2) is 13.2 Å². The number of ether oxygens (including phenoxy) is 4. The van der Waals surface area contributed by atoms with Gasteiger partial charge in [0.1, 0.15) is 5.75 Å². The van der Waals surface area contributed by atoms with Crippen LogP contribution < -0.4 is 18.9 Å².